The van der Waals surface area contributed by atoms with Gasteiger partial charge in [0.25, 0.3) is 0 Å². The lowest BCUT2D eigenvalue weighted by Gasteiger charge is -2.11. The summed E-state index contributed by atoms with van der Waals surface area (Å²) in [6, 6.07) is 5.14. The summed E-state index contributed by atoms with van der Waals surface area (Å²) in [6.07, 6.45) is 0.971. The van der Waals surface area contributed by atoms with Crippen LogP contribution in [0.1, 0.15) is 18.4 Å². The largest absolute Gasteiger partial charge is 0.393 e. The Hall–Kier alpha value is -1.74. The second-order valence-corrected chi connectivity index (χ2v) is 6.89. The van der Waals surface area contributed by atoms with E-state index < -0.39 is 23.6 Å². The lowest BCUT2D eigenvalue weighted by Crippen LogP contribution is -2.14. The normalized spacial score (nSPS) is 12.7. The molecule has 0 aliphatic rings. The van der Waals surface area contributed by atoms with Crippen LogP contribution in [0.4, 0.5) is 13.2 Å². The summed E-state index contributed by atoms with van der Waals surface area (Å²) in [5, 5.41) is 18.1. The number of fused-ring (bicyclic) bond motifs is 1. The van der Waals surface area contributed by atoms with Crippen molar-refractivity contribution < 1.29 is 18.3 Å². The molecule has 4 nitrogen and oxygen atoms in total. The Labute approximate surface area is 164 Å². The number of aliphatic hydroxyl groups excluding tert-OH is 1. The molecule has 0 bridgehead atoms. The van der Waals surface area contributed by atoms with Crippen molar-refractivity contribution in [3.05, 3.63) is 52.3 Å². The van der Waals surface area contributed by atoms with E-state index in [-0.39, 0.29) is 5.56 Å². The predicted molar refractivity (Wildman–Crippen MR) is 102 cm³/mol. The van der Waals surface area contributed by atoms with Crippen LogP contribution in [0.15, 0.2) is 24.3 Å². The van der Waals surface area contributed by atoms with Crippen molar-refractivity contribution in [2.75, 3.05) is 6.54 Å². The monoisotopic (exact) mass is 415 g/mol. The predicted octanol–water partition coefficient (Wildman–Crippen LogP) is 4.42. The fraction of sp³-hybridized carbons (Fsp3) is 0.278. The average molecular weight is 416 g/mol. The van der Waals surface area contributed by atoms with Gasteiger partial charge in [-0.1, -0.05) is 24.4 Å². The van der Waals surface area contributed by atoms with Gasteiger partial charge < -0.3 is 5.11 Å². The van der Waals surface area contributed by atoms with Crippen molar-refractivity contribution >= 4 is 35.3 Å². The SMILES string of the molecule is OC(CCNS)CCc1c(Cl)ccc2c(-c3cc(F)c(F)c(F)c3)n[nH]c12. The van der Waals surface area contributed by atoms with Crippen LogP contribution in [0.25, 0.3) is 22.2 Å². The average Bonchev–Trinajstić information content (AvgIpc) is 3.07. The van der Waals surface area contributed by atoms with Gasteiger partial charge in [-0.15, -0.1) is 0 Å². The quantitative estimate of drug-likeness (QED) is 0.341. The molecule has 0 aliphatic heterocycles. The second kappa shape index (κ2) is 8.52. The van der Waals surface area contributed by atoms with E-state index in [2.05, 4.69) is 27.7 Å². The fourth-order valence-corrected chi connectivity index (χ4v) is 3.34. The summed E-state index contributed by atoms with van der Waals surface area (Å²) < 4.78 is 43.0. The molecular weight excluding hydrogens is 399 g/mol. The lowest BCUT2D eigenvalue weighted by molar-refractivity contribution is 0.157. The highest BCUT2D eigenvalue weighted by Crippen LogP contribution is 2.33. The molecule has 144 valence electrons. The molecule has 3 rings (SSSR count). The minimum atomic E-state index is -1.52. The van der Waals surface area contributed by atoms with Gasteiger partial charge in [0.15, 0.2) is 17.5 Å². The van der Waals surface area contributed by atoms with Crippen molar-refractivity contribution in [1.82, 2.24) is 14.9 Å². The van der Waals surface area contributed by atoms with Gasteiger partial charge in [0.2, 0.25) is 0 Å². The fourth-order valence-electron chi connectivity index (χ4n) is 2.96. The number of benzene rings is 2. The van der Waals surface area contributed by atoms with Crippen LogP contribution in [0.3, 0.4) is 0 Å². The number of nitrogens with zero attached hydrogens (tertiary/aromatic N) is 1. The number of halogens is 4. The Morgan fingerprint density at radius 2 is 1.89 bits per heavy atom. The van der Waals surface area contributed by atoms with Gasteiger partial charge in [-0.25, -0.2) is 13.2 Å². The molecule has 27 heavy (non-hydrogen) atoms. The summed E-state index contributed by atoms with van der Waals surface area (Å²) in [6.45, 7) is 0.568. The number of aliphatic hydroxyl groups is 1. The highest BCUT2D eigenvalue weighted by Gasteiger charge is 2.18. The molecule has 3 aromatic rings. The number of nitrogens with one attached hydrogen (secondary N) is 2. The molecule has 0 saturated carbocycles. The molecule has 0 aliphatic carbocycles. The molecule has 0 fully saturated rings. The number of aromatic amines is 1. The van der Waals surface area contributed by atoms with Gasteiger partial charge in [0.1, 0.15) is 5.69 Å². The molecule has 0 spiro atoms. The standard InChI is InChI=1S/C18H17ClF3N3OS/c19-13-4-3-12-17(9-7-14(20)16(22)15(21)8-9)24-25-18(12)11(13)2-1-10(26)5-6-23-27/h3-4,7-8,10,23,26-27H,1-2,5-6H2,(H,24,25). The number of rotatable bonds is 7. The number of aromatic nitrogens is 2. The van der Waals surface area contributed by atoms with Crippen molar-refractivity contribution in [1.29, 1.82) is 0 Å². The molecule has 0 amide bonds. The Morgan fingerprint density at radius 1 is 1.19 bits per heavy atom. The molecule has 0 radical (unpaired) electrons. The Kier molecular flexibility index (Phi) is 6.31. The highest BCUT2D eigenvalue weighted by atomic mass is 35.5. The van der Waals surface area contributed by atoms with Gasteiger partial charge in [0, 0.05) is 22.5 Å². The minimum Gasteiger partial charge on any atom is -0.393 e. The van der Waals surface area contributed by atoms with Crippen LogP contribution in [0, 0.1) is 17.5 Å². The van der Waals surface area contributed by atoms with Crippen molar-refractivity contribution in [3.8, 4) is 11.3 Å². The first-order chi connectivity index (χ1) is 12.9. The van der Waals surface area contributed by atoms with Crippen LogP contribution >= 0.6 is 24.4 Å². The van der Waals surface area contributed by atoms with Gasteiger partial charge in [0.05, 0.1) is 11.6 Å². The first-order valence-electron chi connectivity index (χ1n) is 8.27. The van der Waals surface area contributed by atoms with Crippen LogP contribution in [-0.2, 0) is 6.42 Å². The Morgan fingerprint density at radius 3 is 2.56 bits per heavy atom. The van der Waals surface area contributed by atoms with Crippen molar-refractivity contribution in [2.24, 2.45) is 0 Å². The number of hydrogen-bond acceptors (Lipinski definition) is 4. The summed E-state index contributed by atoms with van der Waals surface area (Å²) in [7, 11) is 0. The molecule has 1 aromatic heterocycles. The van der Waals surface area contributed by atoms with E-state index >= 15 is 0 Å². The van der Waals surface area contributed by atoms with Crippen LogP contribution < -0.4 is 4.72 Å². The third-order valence-electron chi connectivity index (χ3n) is 4.36. The highest BCUT2D eigenvalue weighted by molar-refractivity contribution is 7.78. The maximum Gasteiger partial charge on any atom is 0.194 e. The molecular formula is C18H17ClF3N3OS. The minimum absolute atomic E-state index is 0.116. The van der Waals surface area contributed by atoms with E-state index in [4.69, 9.17) is 11.6 Å². The molecule has 0 saturated heterocycles. The molecule has 1 heterocycles. The van der Waals surface area contributed by atoms with Crippen molar-refractivity contribution in [3.63, 3.8) is 0 Å². The zero-order valence-corrected chi connectivity index (χ0v) is 15.7. The van der Waals surface area contributed by atoms with Crippen LogP contribution in [0.5, 0.6) is 0 Å². The lowest BCUT2D eigenvalue weighted by atomic mass is 10.0. The summed E-state index contributed by atoms with van der Waals surface area (Å²) >= 11 is 10.2. The van der Waals surface area contributed by atoms with Crippen LogP contribution in [0.2, 0.25) is 5.02 Å². The van der Waals surface area contributed by atoms with Crippen LogP contribution in [-0.4, -0.2) is 28.0 Å². The third kappa shape index (κ3) is 4.24. The van der Waals surface area contributed by atoms with E-state index in [0.717, 1.165) is 17.7 Å². The van der Waals surface area contributed by atoms with Gasteiger partial charge in [-0.3, -0.25) is 9.82 Å². The second-order valence-electron chi connectivity index (χ2n) is 6.16. The van der Waals surface area contributed by atoms with E-state index in [1.165, 1.54) is 0 Å². The van der Waals surface area contributed by atoms with Crippen molar-refractivity contribution in [2.45, 2.75) is 25.4 Å². The van der Waals surface area contributed by atoms with Gasteiger partial charge in [-0.2, -0.15) is 5.10 Å². The molecule has 1 unspecified atom stereocenters. The first kappa shape index (κ1) is 20.0. The number of hydrogen-bond donors (Lipinski definition) is 4. The molecule has 9 heteroatoms. The third-order valence-corrected chi connectivity index (χ3v) is 4.94. The zero-order chi connectivity index (χ0) is 19.6. The Balaban J connectivity index is 1.95. The van der Waals surface area contributed by atoms with Gasteiger partial charge in [-0.05, 0) is 49.1 Å². The number of H-pyrrole nitrogens is 1. The molecule has 1 atom stereocenters. The summed E-state index contributed by atoms with van der Waals surface area (Å²) in [5.41, 5.74) is 1.77. The molecule has 2 aromatic carbocycles. The zero-order valence-electron chi connectivity index (χ0n) is 14.1. The van der Waals surface area contributed by atoms with E-state index in [0.29, 0.717) is 47.4 Å². The first-order valence-corrected chi connectivity index (χ1v) is 9.10. The smallest absolute Gasteiger partial charge is 0.194 e. The summed E-state index contributed by atoms with van der Waals surface area (Å²) in [5.74, 6) is -4.08. The Bertz CT molecular complexity index is 943. The number of aryl methyl sites for hydroxylation is 1. The van der Waals surface area contributed by atoms with E-state index in [1.807, 2.05) is 0 Å². The molecule has 3 N–H and O–H groups in total. The maximum atomic E-state index is 13.6. The van der Waals surface area contributed by atoms with Gasteiger partial charge >= 0.3 is 0 Å². The topological polar surface area (TPSA) is 60.9 Å². The maximum absolute atomic E-state index is 13.6. The number of thiol groups is 1. The summed E-state index contributed by atoms with van der Waals surface area (Å²) in [4.78, 5) is 0. The van der Waals surface area contributed by atoms with E-state index in [9.17, 15) is 18.3 Å². The van der Waals surface area contributed by atoms with E-state index in [1.54, 1.807) is 12.1 Å².